The van der Waals surface area contributed by atoms with Crippen molar-refractivity contribution in [2.45, 2.75) is 13.3 Å². The lowest BCUT2D eigenvalue weighted by Gasteiger charge is -2.07. The van der Waals surface area contributed by atoms with Gasteiger partial charge in [0.1, 0.15) is 5.65 Å². The monoisotopic (exact) mass is 291 g/mol. The molecule has 2 heterocycles. The number of benzene rings is 1. The number of fused-ring (bicyclic) bond motifs is 1. The highest BCUT2D eigenvalue weighted by molar-refractivity contribution is 6.02. The van der Waals surface area contributed by atoms with Gasteiger partial charge in [0, 0.05) is 18.0 Å². The molecule has 22 heavy (non-hydrogen) atoms. The fourth-order valence-electron chi connectivity index (χ4n) is 2.36. The Morgan fingerprint density at radius 2 is 2.05 bits per heavy atom. The lowest BCUT2D eigenvalue weighted by molar-refractivity contribution is -0.111. The van der Waals surface area contributed by atoms with E-state index in [2.05, 4.69) is 17.2 Å². The van der Waals surface area contributed by atoms with E-state index in [9.17, 15) is 4.79 Å². The van der Waals surface area contributed by atoms with E-state index in [1.54, 1.807) is 12.3 Å². The average molecular weight is 291 g/mol. The highest BCUT2D eigenvalue weighted by atomic mass is 16.1. The standard InChI is InChI=1S/C18H17N3O/c1-2-14-7-3-4-8-16(14)20-18(22)11-10-15-13-19-17-9-5-6-12-21(15)17/h3-13H,2H2,1H3,(H,20,22)/b11-10+. The van der Waals surface area contributed by atoms with E-state index in [4.69, 9.17) is 0 Å². The molecule has 4 nitrogen and oxygen atoms in total. The summed E-state index contributed by atoms with van der Waals surface area (Å²) in [7, 11) is 0. The molecule has 3 rings (SSSR count). The predicted octanol–water partition coefficient (Wildman–Crippen LogP) is 3.55. The van der Waals surface area contributed by atoms with Crippen molar-refractivity contribution in [2.75, 3.05) is 5.32 Å². The number of rotatable bonds is 4. The van der Waals surface area contributed by atoms with E-state index in [-0.39, 0.29) is 5.91 Å². The van der Waals surface area contributed by atoms with Crippen molar-refractivity contribution >= 4 is 23.3 Å². The molecular weight excluding hydrogens is 274 g/mol. The number of nitrogens with one attached hydrogen (secondary N) is 1. The van der Waals surface area contributed by atoms with Crippen LogP contribution in [0.5, 0.6) is 0 Å². The second-order valence-corrected chi connectivity index (χ2v) is 4.95. The number of carbonyl (C=O) groups excluding carboxylic acids is 1. The molecule has 110 valence electrons. The molecule has 0 bridgehead atoms. The molecule has 0 saturated heterocycles. The molecule has 0 radical (unpaired) electrons. The smallest absolute Gasteiger partial charge is 0.248 e. The molecule has 3 aromatic rings. The van der Waals surface area contributed by atoms with Crippen LogP contribution in [0, 0.1) is 0 Å². The number of aryl methyl sites for hydroxylation is 1. The molecule has 0 atom stereocenters. The van der Waals surface area contributed by atoms with Crippen molar-refractivity contribution < 1.29 is 4.79 Å². The third-order valence-corrected chi connectivity index (χ3v) is 3.51. The van der Waals surface area contributed by atoms with Gasteiger partial charge < -0.3 is 9.72 Å². The van der Waals surface area contributed by atoms with Gasteiger partial charge in [-0.15, -0.1) is 0 Å². The topological polar surface area (TPSA) is 46.4 Å². The molecular formula is C18H17N3O. The summed E-state index contributed by atoms with van der Waals surface area (Å²) in [5.41, 5.74) is 3.71. The number of hydrogen-bond acceptors (Lipinski definition) is 2. The van der Waals surface area contributed by atoms with Crippen molar-refractivity contribution in [3.63, 3.8) is 0 Å². The molecule has 0 unspecified atom stereocenters. The molecule has 0 spiro atoms. The van der Waals surface area contributed by atoms with Gasteiger partial charge in [-0.2, -0.15) is 0 Å². The van der Waals surface area contributed by atoms with E-state index < -0.39 is 0 Å². The highest BCUT2D eigenvalue weighted by Crippen LogP contribution is 2.15. The Morgan fingerprint density at radius 3 is 2.91 bits per heavy atom. The van der Waals surface area contributed by atoms with Crippen LogP contribution in [-0.2, 0) is 11.2 Å². The second-order valence-electron chi connectivity index (χ2n) is 4.95. The Bertz CT molecular complexity index is 833. The van der Waals surface area contributed by atoms with Crippen LogP contribution in [0.3, 0.4) is 0 Å². The van der Waals surface area contributed by atoms with Gasteiger partial charge in [-0.05, 0) is 36.3 Å². The van der Waals surface area contributed by atoms with Crippen LogP contribution in [0.1, 0.15) is 18.2 Å². The molecule has 0 fully saturated rings. The van der Waals surface area contributed by atoms with Crippen LogP contribution in [0.2, 0.25) is 0 Å². The van der Waals surface area contributed by atoms with Gasteiger partial charge >= 0.3 is 0 Å². The summed E-state index contributed by atoms with van der Waals surface area (Å²) in [6.07, 6.45) is 7.85. The van der Waals surface area contributed by atoms with Crippen molar-refractivity contribution in [3.05, 3.63) is 72.2 Å². The number of anilines is 1. The van der Waals surface area contributed by atoms with E-state index in [0.717, 1.165) is 29.0 Å². The zero-order valence-electron chi connectivity index (χ0n) is 12.4. The number of nitrogens with zero attached hydrogens (tertiary/aromatic N) is 2. The maximum Gasteiger partial charge on any atom is 0.248 e. The van der Waals surface area contributed by atoms with Crippen molar-refractivity contribution in [2.24, 2.45) is 0 Å². The van der Waals surface area contributed by atoms with Crippen LogP contribution in [0.25, 0.3) is 11.7 Å². The summed E-state index contributed by atoms with van der Waals surface area (Å²) in [5.74, 6) is -0.146. The van der Waals surface area contributed by atoms with Crippen LogP contribution in [0.15, 0.2) is 60.9 Å². The lowest BCUT2D eigenvalue weighted by atomic mass is 10.1. The molecule has 2 aromatic heterocycles. The number of imidazole rings is 1. The summed E-state index contributed by atoms with van der Waals surface area (Å²) in [5, 5.41) is 2.92. The van der Waals surface area contributed by atoms with Gasteiger partial charge in [-0.25, -0.2) is 4.98 Å². The van der Waals surface area contributed by atoms with Crippen molar-refractivity contribution in [1.82, 2.24) is 9.38 Å². The first kappa shape index (κ1) is 14.1. The van der Waals surface area contributed by atoms with Gasteiger partial charge in [-0.1, -0.05) is 31.2 Å². The minimum atomic E-state index is -0.146. The second kappa shape index (κ2) is 6.26. The Morgan fingerprint density at radius 1 is 1.23 bits per heavy atom. The number of hydrogen-bond donors (Lipinski definition) is 1. The molecule has 0 aliphatic carbocycles. The van der Waals surface area contributed by atoms with Crippen LogP contribution < -0.4 is 5.32 Å². The summed E-state index contributed by atoms with van der Waals surface area (Å²) in [6, 6.07) is 13.6. The summed E-state index contributed by atoms with van der Waals surface area (Å²) < 4.78 is 1.93. The van der Waals surface area contributed by atoms with Gasteiger partial charge in [0.25, 0.3) is 0 Å². The van der Waals surface area contributed by atoms with E-state index in [0.29, 0.717) is 0 Å². The molecule has 4 heteroatoms. The van der Waals surface area contributed by atoms with Crippen LogP contribution in [-0.4, -0.2) is 15.3 Å². The first-order chi connectivity index (χ1) is 10.8. The van der Waals surface area contributed by atoms with Gasteiger partial charge in [0.15, 0.2) is 0 Å². The molecule has 1 N–H and O–H groups in total. The zero-order valence-corrected chi connectivity index (χ0v) is 12.4. The summed E-state index contributed by atoms with van der Waals surface area (Å²) in [4.78, 5) is 16.4. The number of carbonyl (C=O) groups is 1. The van der Waals surface area contributed by atoms with E-state index in [1.165, 1.54) is 6.08 Å². The molecule has 0 saturated carbocycles. The molecule has 1 amide bonds. The number of pyridine rings is 1. The Hall–Kier alpha value is -2.88. The minimum absolute atomic E-state index is 0.146. The fraction of sp³-hybridized carbons (Fsp3) is 0.111. The summed E-state index contributed by atoms with van der Waals surface area (Å²) >= 11 is 0. The quantitative estimate of drug-likeness (QED) is 0.747. The molecule has 1 aromatic carbocycles. The highest BCUT2D eigenvalue weighted by Gasteiger charge is 2.03. The number of amides is 1. The van der Waals surface area contributed by atoms with Crippen molar-refractivity contribution in [1.29, 1.82) is 0 Å². The first-order valence-corrected chi connectivity index (χ1v) is 7.27. The third kappa shape index (κ3) is 2.91. The normalized spacial score (nSPS) is 11.1. The minimum Gasteiger partial charge on any atom is -0.322 e. The Kier molecular flexibility index (Phi) is 4.01. The zero-order chi connectivity index (χ0) is 15.4. The lowest BCUT2D eigenvalue weighted by Crippen LogP contribution is -2.09. The molecule has 0 aliphatic rings. The largest absolute Gasteiger partial charge is 0.322 e. The van der Waals surface area contributed by atoms with Gasteiger partial charge in [-0.3, -0.25) is 4.79 Å². The van der Waals surface area contributed by atoms with Crippen LogP contribution in [0.4, 0.5) is 5.69 Å². The van der Waals surface area contributed by atoms with Gasteiger partial charge in [0.2, 0.25) is 5.91 Å². The van der Waals surface area contributed by atoms with Crippen molar-refractivity contribution in [3.8, 4) is 0 Å². The Balaban J connectivity index is 1.76. The first-order valence-electron chi connectivity index (χ1n) is 7.27. The van der Waals surface area contributed by atoms with E-state index >= 15 is 0 Å². The summed E-state index contributed by atoms with van der Waals surface area (Å²) in [6.45, 7) is 2.07. The molecule has 0 aliphatic heterocycles. The number of para-hydroxylation sites is 1. The fourth-order valence-corrected chi connectivity index (χ4v) is 2.36. The SMILES string of the molecule is CCc1ccccc1NC(=O)/C=C/c1cnc2ccccn12. The predicted molar refractivity (Wildman–Crippen MR) is 88.7 cm³/mol. The third-order valence-electron chi connectivity index (χ3n) is 3.51. The van der Waals surface area contributed by atoms with E-state index in [1.807, 2.05) is 53.1 Å². The maximum atomic E-state index is 12.1. The maximum absolute atomic E-state index is 12.1. The van der Waals surface area contributed by atoms with Crippen LogP contribution >= 0.6 is 0 Å². The Labute approximate surface area is 129 Å². The average Bonchev–Trinajstić information content (AvgIpc) is 2.97. The van der Waals surface area contributed by atoms with Gasteiger partial charge in [0.05, 0.1) is 11.9 Å². The number of aromatic nitrogens is 2.